The summed E-state index contributed by atoms with van der Waals surface area (Å²) in [5.74, 6) is -0.815. The van der Waals surface area contributed by atoms with E-state index in [1.54, 1.807) is 0 Å². The maximum absolute atomic E-state index is 9.76. The fourth-order valence-corrected chi connectivity index (χ4v) is 0.234. The van der Waals surface area contributed by atoms with Gasteiger partial charge in [-0.15, -0.1) is 0 Å². The maximum atomic E-state index is 9.76. The quantitative estimate of drug-likeness (QED) is 0.284. The number of carboxylic acid groups (broad SMARTS) is 1. The van der Waals surface area contributed by atoms with E-state index in [1.807, 2.05) is 0 Å². The van der Waals surface area contributed by atoms with Crippen LogP contribution in [0.2, 0.25) is 0 Å². The van der Waals surface area contributed by atoms with Crippen LogP contribution in [0.4, 0.5) is 0 Å². The second kappa shape index (κ2) is 9.12. The summed E-state index contributed by atoms with van der Waals surface area (Å²) in [6.45, 7) is 0. The molecule has 0 aliphatic rings. The summed E-state index contributed by atoms with van der Waals surface area (Å²) in [4.78, 5) is 27.4. The zero-order valence-electron chi connectivity index (χ0n) is 5.64. The lowest BCUT2D eigenvalue weighted by Crippen LogP contribution is -2.31. The molecule has 0 aromatic rings. The normalized spacial score (nSPS) is 10.4. The van der Waals surface area contributed by atoms with E-state index in [1.165, 1.54) is 0 Å². The van der Waals surface area contributed by atoms with Crippen molar-refractivity contribution in [1.29, 1.82) is 0 Å². The molecule has 0 fully saturated rings. The molecule has 5 nitrogen and oxygen atoms in total. The van der Waals surface area contributed by atoms with Gasteiger partial charge in [0.2, 0.25) is 0 Å². The Morgan fingerprint density at radius 3 is 1.91 bits per heavy atom. The smallest absolute Gasteiger partial charge is 0.321 e. The molecule has 0 saturated carbocycles. The van der Waals surface area contributed by atoms with Gasteiger partial charge in [-0.3, -0.25) is 14.4 Å². The van der Waals surface area contributed by atoms with Crippen molar-refractivity contribution < 1.29 is 19.5 Å². The van der Waals surface area contributed by atoms with E-state index in [4.69, 9.17) is 20.4 Å². The summed E-state index contributed by atoms with van der Waals surface area (Å²) in [6.07, 6.45) is 0.389. The first-order valence-electron chi connectivity index (χ1n) is 2.58. The molecule has 0 aromatic carbocycles. The van der Waals surface area contributed by atoms with Crippen molar-refractivity contribution in [3.8, 4) is 0 Å². The molecule has 11 heavy (non-hydrogen) atoms. The Kier molecular flexibility index (Phi) is 10.6. The van der Waals surface area contributed by atoms with E-state index < -0.39 is 12.0 Å². The Morgan fingerprint density at radius 2 is 1.91 bits per heavy atom. The lowest BCUT2D eigenvalue weighted by molar-refractivity contribution is -0.137. The van der Waals surface area contributed by atoms with Crippen LogP contribution in [0, 0.1) is 0 Å². The molecule has 0 unspecified atom stereocenters. The molecular weight excluding hydrogens is 170 g/mol. The number of nitrogens with two attached hydrogens (primary N) is 1. The number of carboxylic acids is 1. The third kappa shape index (κ3) is 12.3. The maximum Gasteiger partial charge on any atom is 0.321 e. The molecule has 0 aromatic heterocycles. The lowest BCUT2D eigenvalue weighted by atomic mass is 10.4. The predicted octanol–water partition coefficient (Wildman–Crippen LogP) is -1.29. The first kappa shape index (κ1) is 12.8. The van der Waals surface area contributed by atoms with Crippen molar-refractivity contribution in [1.82, 2.24) is 0 Å². The van der Waals surface area contributed by atoms with Crippen LogP contribution >= 0.6 is 12.6 Å². The van der Waals surface area contributed by atoms with Gasteiger partial charge in [0.1, 0.15) is 6.04 Å². The predicted molar refractivity (Wildman–Crippen MR) is 41.6 cm³/mol. The Labute approximate surface area is 69.0 Å². The Hall–Kier alpha value is -0.880. The number of aldehydes is 2. The van der Waals surface area contributed by atoms with E-state index in [0.717, 1.165) is 0 Å². The minimum atomic E-state index is -1.00. The molecule has 3 N–H and O–H groups in total. The molecule has 0 spiro atoms. The van der Waals surface area contributed by atoms with E-state index >= 15 is 0 Å². The molecule has 0 aliphatic heterocycles. The molecule has 0 heterocycles. The minimum Gasteiger partial charge on any atom is -0.480 e. The van der Waals surface area contributed by atoms with Crippen molar-refractivity contribution in [2.75, 3.05) is 5.75 Å². The zero-order chi connectivity index (χ0) is 9.28. The van der Waals surface area contributed by atoms with Gasteiger partial charge in [0, 0.05) is 5.75 Å². The molecule has 0 bridgehead atoms. The van der Waals surface area contributed by atoms with Crippen LogP contribution in [0.3, 0.4) is 0 Å². The standard InChI is InChI=1S/C3H7NO2S.C2H2O2/c4-2(1-7)3(5)6;3-1-2-4/h2,7H,1,4H2,(H,5,6);1-2H/t2-;/m0./s1. The highest BCUT2D eigenvalue weighted by atomic mass is 32.1. The van der Waals surface area contributed by atoms with Crippen molar-refractivity contribution in [3.05, 3.63) is 0 Å². The van der Waals surface area contributed by atoms with Gasteiger partial charge in [0.05, 0.1) is 0 Å². The van der Waals surface area contributed by atoms with Gasteiger partial charge in [-0.2, -0.15) is 12.6 Å². The van der Waals surface area contributed by atoms with Crippen molar-refractivity contribution >= 4 is 31.2 Å². The third-order valence-electron chi connectivity index (χ3n) is 0.569. The van der Waals surface area contributed by atoms with Crippen LogP contribution in [0.15, 0.2) is 0 Å². The molecule has 6 heteroatoms. The number of hydrogen-bond donors (Lipinski definition) is 3. The number of aliphatic carboxylic acids is 1. The molecule has 0 saturated heterocycles. The van der Waals surface area contributed by atoms with Gasteiger partial charge in [-0.05, 0) is 0 Å². The molecule has 0 rings (SSSR count). The second-order valence-electron chi connectivity index (χ2n) is 1.40. The minimum absolute atomic E-state index is 0.190. The molecule has 64 valence electrons. The summed E-state index contributed by atoms with van der Waals surface area (Å²) in [5, 5.41) is 8.01. The zero-order valence-corrected chi connectivity index (χ0v) is 6.53. The summed E-state index contributed by atoms with van der Waals surface area (Å²) in [7, 11) is 0. The summed E-state index contributed by atoms with van der Waals surface area (Å²) >= 11 is 3.65. The highest BCUT2D eigenvalue weighted by Crippen LogP contribution is 1.80. The molecular formula is C5H9NO4S. The second-order valence-corrected chi connectivity index (χ2v) is 1.76. The van der Waals surface area contributed by atoms with Crippen molar-refractivity contribution in [3.63, 3.8) is 0 Å². The lowest BCUT2D eigenvalue weighted by Gasteiger charge is -1.96. The summed E-state index contributed by atoms with van der Waals surface area (Å²) in [6, 6.07) is -0.816. The van der Waals surface area contributed by atoms with Gasteiger partial charge in [0.25, 0.3) is 0 Å². The van der Waals surface area contributed by atoms with Crippen LogP contribution in [-0.2, 0) is 14.4 Å². The van der Waals surface area contributed by atoms with E-state index in [0.29, 0.717) is 0 Å². The van der Waals surface area contributed by atoms with Gasteiger partial charge >= 0.3 is 5.97 Å². The summed E-state index contributed by atoms with van der Waals surface area (Å²) in [5.41, 5.74) is 4.94. The topological polar surface area (TPSA) is 97.5 Å². The molecule has 1 atom stereocenters. The Balaban J connectivity index is 0. The first-order chi connectivity index (χ1) is 5.09. The largest absolute Gasteiger partial charge is 0.480 e. The van der Waals surface area contributed by atoms with Gasteiger partial charge in [-0.1, -0.05) is 0 Å². The van der Waals surface area contributed by atoms with Crippen LogP contribution in [0.5, 0.6) is 0 Å². The highest BCUT2D eigenvalue weighted by Gasteiger charge is 2.06. The van der Waals surface area contributed by atoms with Crippen molar-refractivity contribution in [2.45, 2.75) is 6.04 Å². The van der Waals surface area contributed by atoms with Crippen molar-refractivity contribution in [2.24, 2.45) is 5.73 Å². The van der Waals surface area contributed by atoms with E-state index in [2.05, 4.69) is 12.6 Å². The number of thiol groups is 1. The molecule has 0 aliphatic carbocycles. The Morgan fingerprint density at radius 1 is 1.55 bits per heavy atom. The number of hydrogen-bond acceptors (Lipinski definition) is 5. The SMILES string of the molecule is N[C@@H](CS)C(=O)O.O=CC=O. The van der Waals surface area contributed by atoms with Gasteiger partial charge in [0.15, 0.2) is 12.6 Å². The van der Waals surface area contributed by atoms with E-state index in [9.17, 15) is 4.79 Å². The highest BCUT2D eigenvalue weighted by molar-refractivity contribution is 7.80. The molecule has 0 radical (unpaired) electrons. The van der Waals surface area contributed by atoms with Crippen LogP contribution in [0.1, 0.15) is 0 Å². The van der Waals surface area contributed by atoms with Gasteiger partial charge in [-0.25, -0.2) is 0 Å². The average Bonchev–Trinajstić information content (AvgIpc) is 2.03. The first-order valence-corrected chi connectivity index (χ1v) is 3.21. The number of carbonyl (C=O) groups excluding carboxylic acids is 2. The number of rotatable bonds is 3. The molecule has 0 amide bonds. The van der Waals surface area contributed by atoms with Crippen LogP contribution < -0.4 is 5.73 Å². The Bertz CT molecular complexity index is 132. The third-order valence-corrected chi connectivity index (χ3v) is 0.963. The fourth-order valence-electron chi connectivity index (χ4n) is 0.0781. The monoisotopic (exact) mass is 179 g/mol. The van der Waals surface area contributed by atoms with Gasteiger partial charge < -0.3 is 10.8 Å². The number of carbonyl (C=O) groups is 3. The fraction of sp³-hybridized carbons (Fsp3) is 0.400. The van der Waals surface area contributed by atoms with Crippen LogP contribution in [-0.4, -0.2) is 35.4 Å². The van der Waals surface area contributed by atoms with E-state index in [-0.39, 0.29) is 18.3 Å². The summed E-state index contributed by atoms with van der Waals surface area (Å²) < 4.78 is 0. The van der Waals surface area contributed by atoms with Crippen LogP contribution in [0.25, 0.3) is 0 Å². The average molecular weight is 179 g/mol.